The van der Waals surface area contributed by atoms with Crippen LogP contribution in [0.4, 0.5) is 4.39 Å². The minimum atomic E-state index is -0.235. The number of H-pyrrole nitrogens is 1. The molecule has 31 heavy (non-hydrogen) atoms. The minimum absolute atomic E-state index is 0. The van der Waals surface area contributed by atoms with E-state index >= 15 is 0 Å². The standard InChI is InChI=1S/C21H28FN7O.HI/c1-14-27-28-20(29(14)2)13-26-21(25-12-17-4-3-9-30-17)23-8-7-15-11-24-19-10-16(22)5-6-18(15)19;/h5-6,10-11,17,24H,3-4,7-9,12-13H2,1-2H3,(H2,23,25,26);1H. The lowest BCUT2D eigenvalue weighted by Gasteiger charge is -2.15. The van der Waals surface area contributed by atoms with Gasteiger partial charge in [0.1, 0.15) is 18.2 Å². The molecule has 0 spiro atoms. The van der Waals surface area contributed by atoms with Crippen molar-refractivity contribution in [1.29, 1.82) is 0 Å². The Morgan fingerprint density at radius 2 is 2.23 bits per heavy atom. The molecule has 1 aliphatic heterocycles. The Kier molecular flexibility index (Phi) is 8.24. The predicted molar refractivity (Wildman–Crippen MR) is 129 cm³/mol. The average molecular weight is 541 g/mol. The highest BCUT2D eigenvalue weighted by atomic mass is 127. The second-order valence-corrected chi connectivity index (χ2v) is 7.58. The smallest absolute Gasteiger partial charge is 0.191 e. The first-order chi connectivity index (χ1) is 14.6. The van der Waals surface area contributed by atoms with Crippen LogP contribution in [-0.4, -0.2) is 51.5 Å². The molecule has 0 aliphatic carbocycles. The van der Waals surface area contributed by atoms with Gasteiger partial charge in [0.2, 0.25) is 0 Å². The molecule has 2 aromatic heterocycles. The average Bonchev–Trinajstić information content (AvgIpc) is 3.46. The van der Waals surface area contributed by atoms with Crippen molar-refractivity contribution < 1.29 is 9.13 Å². The molecule has 8 nitrogen and oxygen atoms in total. The van der Waals surface area contributed by atoms with E-state index in [0.29, 0.717) is 13.1 Å². The van der Waals surface area contributed by atoms with Gasteiger partial charge in [-0.3, -0.25) is 0 Å². The lowest BCUT2D eigenvalue weighted by Crippen LogP contribution is -2.42. The molecule has 4 rings (SSSR count). The normalized spacial score (nSPS) is 16.5. The third-order valence-corrected chi connectivity index (χ3v) is 5.50. The summed E-state index contributed by atoms with van der Waals surface area (Å²) in [6.07, 6.45) is 5.11. The number of nitrogens with zero attached hydrogens (tertiary/aromatic N) is 4. The summed E-state index contributed by atoms with van der Waals surface area (Å²) in [6, 6.07) is 4.83. The summed E-state index contributed by atoms with van der Waals surface area (Å²) in [6.45, 7) is 4.59. The molecule has 10 heteroatoms. The Morgan fingerprint density at radius 1 is 1.35 bits per heavy atom. The number of ether oxygens (including phenoxy) is 1. The zero-order valence-electron chi connectivity index (χ0n) is 17.8. The van der Waals surface area contributed by atoms with Gasteiger partial charge in [-0.1, -0.05) is 0 Å². The molecule has 0 radical (unpaired) electrons. The summed E-state index contributed by atoms with van der Waals surface area (Å²) in [5, 5.41) is 16.1. The summed E-state index contributed by atoms with van der Waals surface area (Å²) < 4.78 is 21.0. The van der Waals surface area contributed by atoms with Crippen LogP contribution in [-0.2, 0) is 24.8 Å². The monoisotopic (exact) mass is 541 g/mol. The largest absolute Gasteiger partial charge is 0.376 e. The first kappa shape index (κ1) is 23.5. The highest BCUT2D eigenvalue weighted by Gasteiger charge is 2.16. The number of benzene rings is 1. The van der Waals surface area contributed by atoms with E-state index in [2.05, 4.69) is 30.8 Å². The van der Waals surface area contributed by atoms with Gasteiger partial charge in [-0.2, -0.15) is 0 Å². The number of halogens is 2. The van der Waals surface area contributed by atoms with E-state index in [1.165, 1.54) is 12.1 Å². The van der Waals surface area contributed by atoms with Crippen LogP contribution in [0.15, 0.2) is 29.4 Å². The van der Waals surface area contributed by atoms with Crippen LogP contribution in [0.1, 0.15) is 30.1 Å². The van der Waals surface area contributed by atoms with Gasteiger partial charge in [0.15, 0.2) is 11.8 Å². The van der Waals surface area contributed by atoms with Crippen molar-refractivity contribution in [1.82, 2.24) is 30.4 Å². The van der Waals surface area contributed by atoms with E-state index in [1.807, 2.05) is 30.8 Å². The molecule has 3 heterocycles. The van der Waals surface area contributed by atoms with Crippen molar-refractivity contribution in [3.63, 3.8) is 0 Å². The maximum Gasteiger partial charge on any atom is 0.191 e. The second kappa shape index (κ2) is 10.9. The molecule has 1 unspecified atom stereocenters. The fourth-order valence-corrected chi connectivity index (χ4v) is 3.61. The third kappa shape index (κ3) is 5.94. The fraction of sp³-hybridized carbons (Fsp3) is 0.476. The summed E-state index contributed by atoms with van der Waals surface area (Å²) in [7, 11) is 1.94. The molecule has 0 amide bonds. The zero-order chi connectivity index (χ0) is 20.9. The van der Waals surface area contributed by atoms with Crippen molar-refractivity contribution in [2.75, 3.05) is 19.7 Å². The van der Waals surface area contributed by atoms with Crippen molar-refractivity contribution in [3.8, 4) is 0 Å². The highest BCUT2D eigenvalue weighted by Crippen LogP contribution is 2.19. The third-order valence-electron chi connectivity index (χ3n) is 5.50. The van der Waals surface area contributed by atoms with Crippen LogP contribution in [0.25, 0.3) is 10.9 Å². The molecule has 1 fully saturated rings. The number of nitrogens with one attached hydrogen (secondary N) is 3. The van der Waals surface area contributed by atoms with Crippen molar-refractivity contribution in [2.24, 2.45) is 12.0 Å². The Hall–Kier alpha value is -2.21. The molecule has 3 aromatic rings. The van der Waals surface area contributed by atoms with E-state index in [4.69, 9.17) is 4.74 Å². The number of hydrogen-bond acceptors (Lipinski definition) is 4. The fourth-order valence-electron chi connectivity index (χ4n) is 3.61. The first-order valence-corrected chi connectivity index (χ1v) is 10.3. The number of aromatic nitrogens is 4. The predicted octanol–water partition coefficient (Wildman–Crippen LogP) is 2.82. The molecule has 3 N–H and O–H groups in total. The van der Waals surface area contributed by atoms with E-state index in [0.717, 1.165) is 66.5 Å². The summed E-state index contributed by atoms with van der Waals surface area (Å²) in [5.41, 5.74) is 1.95. The zero-order valence-corrected chi connectivity index (χ0v) is 20.2. The van der Waals surface area contributed by atoms with E-state index in [9.17, 15) is 4.39 Å². The van der Waals surface area contributed by atoms with Crippen molar-refractivity contribution in [3.05, 3.63) is 47.4 Å². The molecule has 168 valence electrons. The summed E-state index contributed by atoms with van der Waals surface area (Å²) in [5.74, 6) is 2.15. The molecular weight excluding hydrogens is 512 g/mol. The van der Waals surface area contributed by atoms with Gasteiger partial charge < -0.3 is 24.9 Å². The Bertz CT molecular complexity index is 1030. The molecule has 1 atom stereocenters. The topological polar surface area (TPSA) is 92.2 Å². The molecule has 1 aromatic carbocycles. The van der Waals surface area contributed by atoms with Gasteiger partial charge in [0.25, 0.3) is 0 Å². The van der Waals surface area contributed by atoms with Crippen molar-refractivity contribution in [2.45, 2.75) is 38.8 Å². The van der Waals surface area contributed by atoms with Gasteiger partial charge in [-0.05, 0) is 49.9 Å². The first-order valence-electron chi connectivity index (χ1n) is 10.3. The van der Waals surface area contributed by atoms with E-state index in [-0.39, 0.29) is 35.9 Å². The molecular formula is C21H29FIN7O. The summed E-state index contributed by atoms with van der Waals surface area (Å²) >= 11 is 0. The Balaban J connectivity index is 0.00000272. The van der Waals surface area contributed by atoms with Gasteiger partial charge >= 0.3 is 0 Å². The molecule has 0 saturated carbocycles. The lowest BCUT2D eigenvalue weighted by molar-refractivity contribution is 0.114. The Morgan fingerprint density at radius 3 is 2.97 bits per heavy atom. The van der Waals surface area contributed by atoms with Gasteiger partial charge in [0.05, 0.1) is 6.10 Å². The highest BCUT2D eigenvalue weighted by molar-refractivity contribution is 14.0. The number of aryl methyl sites for hydroxylation is 1. The second-order valence-electron chi connectivity index (χ2n) is 7.58. The Labute approximate surface area is 198 Å². The van der Waals surface area contributed by atoms with Gasteiger partial charge in [-0.25, -0.2) is 9.38 Å². The number of rotatable bonds is 7. The van der Waals surface area contributed by atoms with Crippen LogP contribution < -0.4 is 10.6 Å². The molecule has 0 bridgehead atoms. The number of aliphatic imine (C=N–C) groups is 1. The lowest BCUT2D eigenvalue weighted by atomic mass is 10.1. The number of aromatic amines is 1. The van der Waals surface area contributed by atoms with Gasteiger partial charge in [0, 0.05) is 43.8 Å². The number of guanidine groups is 1. The quantitative estimate of drug-likeness (QED) is 0.243. The van der Waals surface area contributed by atoms with Crippen LogP contribution in [0.3, 0.4) is 0 Å². The minimum Gasteiger partial charge on any atom is -0.376 e. The number of hydrogen-bond donors (Lipinski definition) is 3. The van der Waals surface area contributed by atoms with Crippen molar-refractivity contribution >= 4 is 40.8 Å². The SMILES string of the molecule is Cc1nnc(CN=C(NCCc2c[nH]c3cc(F)ccc23)NCC2CCCO2)n1C.I. The van der Waals surface area contributed by atoms with Gasteiger partial charge in [-0.15, -0.1) is 34.2 Å². The van der Waals surface area contributed by atoms with E-state index < -0.39 is 0 Å². The molecule has 1 saturated heterocycles. The summed E-state index contributed by atoms with van der Waals surface area (Å²) in [4.78, 5) is 7.82. The van der Waals surface area contributed by atoms with Crippen LogP contribution in [0, 0.1) is 12.7 Å². The van der Waals surface area contributed by atoms with E-state index in [1.54, 1.807) is 0 Å². The van der Waals surface area contributed by atoms with Crippen LogP contribution >= 0.6 is 24.0 Å². The van der Waals surface area contributed by atoms with Crippen LogP contribution in [0.5, 0.6) is 0 Å². The maximum absolute atomic E-state index is 13.4. The maximum atomic E-state index is 13.4. The van der Waals surface area contributed by atoms with Crippen LogP contribution in [0.2, 0.25) is 0 Å². The molecule has 1 aliphatic rings. The number of fused-ring (bicyclic) bond motifs is 1.